The normalized spacial score (nSPS) is 9.92. The molecule has 0 aliphatic heterocycles. The number of hydrogen-bond acceptors (Lipinski definition) is 5. The van der Waals surface area contributed by atoms with Crippen molar-refractivity contribution in [3.8, 4) is 11.5 Å². The monoisotopic (exact) mass is 395 g/mol. The van der Waals surface area contributed by atoms with Crippen LogP contribution >= 0.6 is 15.9 Å². The number of aromatic amines is 1. The maximum absolute atomic E-state index is 11.7. The van der Waals surface area contributed by atoms with Crippen LogP contribution in [0.1, 0.15) is 20.8 Å². The zero-order valence-corrected chi connectivity index (χ0v) is 14.2. The van der Waals surface area contributed by atoms with E-state index in [1.165, 1.54) is 25.3 Å². The van der Waals surface area contributed by atoms with Crippen LogP contribution < -0.4 is 20.3 Å². The third-order valence-electron chi connectivity index (χ3n) is 2.89. The minimum atomic E-state index is -0.560. The molecule has 9 heteroatoms. The van der Waals surface area contributed by atoms with Gasteiger partial charge in [-0.1, -0.05) is 0 Å². The fraction of sp³-hybridized carbons (Fsp3) is 0.133. The summed E-state index contributed by atoms with van der Waals surface area (Å²) in [6, 6.07) is 6.11. The number of H-pyrrole nitrogens is 1. The Kier molecular flexibility index (Phi) is 5.96. The molecule has 8 nitrogen and oxygen atoms in total. The van der Waals surface area contributed by atoms with E-state index in [0.29, 0.717) is 27.8 Å². The number of hydrazine groups is 1. The molecule has 3 N–H and O–H groups in total. The highest BCUT2D eigenvalue weighted by Gasteiger charge is 2.11. The van der Waals surface area contributed by atoms with E-state index in [2.05, 4.69) is 31.8 Å². The summed E-state index contributed by atoms with van der Waals surface area (Å²) in [5.41, 5.74) is 5.18. The van der Waals surface area contributed by atoms with Crippen molar-refractivity contribution in [2.75, 3.05) is 13.7 Å². The van der Waals surface area contributed by atoms with Crippen molar-refractivity contribution in [2.24, 2.45) is 0 Å². The Morgan fingerprint density at radius 3 is 2.67 bits per heavy atom. The zero-order chi connectivity index (χ0) is 17.5. The highest BCUT2D eigenvalue weighted by Crippen LogP contribution is 2.27. The molecule has 0 spiro atoms. The number of ether oxygens (including phenoxy) is 2. The van der Waals surface area contributed by atoms with Crippen molar-refractivity contribution < 1.29 is 23.9 Å². The topological polar surface area (TPSA) is 110 Å². The molecule has 24 heavy (non-hydrogen) atoms. The maximum Gasteiger partial charge on any atom is 0.286 e. The SMILES string of the molecule is COc1cc(C=O)ccc1OCC(=O)NNC(=O)c1cc(Br)c[nH]1. The first-order valence-corrected chi connectivity index (χ1v) is 7.52. The Balaban J connectivity index is 1.85. The summed E-state index contributed by atoms with van der Waals surface area (Å²) in [6.07, 6.45) is 2.27. The summed E-state index contributed by atoms with van der Waals surface area (Å²) < 4.78 is 11.1. The van der Waals surface area contributed by atoms with Crippen LogP contribution in [0.5, 0.6) is 11.5 Å². The molecule has 0 bridgehead atoms. The molecule has 1 aromatic heterocycles. The molecule has 2 aromatic rings. The van der Waals surface area contributed by atoms with Gasteiger partial charge in [0, 0.05) is 16.2 Å². The van der Waals surface area contributed by atoms with Gasteiger partial charge >= 0.3 is 0 Å². The molecular formula is C15H14BrN3O5. The number of carbonyl (C=O) groups is 3. The number of halogens is 1. The molecule has 0 radical (unpaired) electrons. The van der Waals surface area contributed by atoms with E-state index >= 15 is 0 Å². The summed E-state index contributed by atoms with van der Waals surface area (Å²) >= 11 is 3.20. The quantitative estimate of drug-likeness (QED) is 0.506. The summed E-state index contributed by atoms with van der Waals surface area (Å²) in [5.74, 6) is -0.428. The lowest BCUT2D eigenvalue weighted by Crippen LogP contribution is -2.43. The van der Waals surface area contributed by atoms with Gasteiger partial charge in [0.05, 0.1) is 7.11 Å². The largest absolute Gasteiger partial charge is 0.493 e. The van der Waals surface area contributed by atoms with Gasteiger partial charge in [-0.25, -0.2) is 0 Å². The lowest BCUT2D eigenvalue weighted by Gasteiger charge is -2.11. The molecule has 2 rings (SSSR count). The van der Waals surface area contributed by atoms with Crippen molar-refractivity contribution in [3.05, 3.63) is 46.2 Å². The van der Waals surface area contributed by atoms with E-state index < -0.39 is 11.8 Å². The Bertz CT molecular complexity index is 759. The highest BCUT2D eigenvalue weighted by molar-refractivity contribution is 9.10. The second-order valence-corrected chi connectivity index (χ2v) is 5.47. The average molecular weight is 396 g/mol. The molecular weight excluding hydrogens is 382 g/mol. The number of amides is 2. The minimum absolute atomic E-state index is 0.286. The van der Waals surface area contributed by atoms with Gasteiger partial charge in [-0.3, -0.25) is 25.2 Å². The molecule has 0 unspecified atom stereocenters. The van der Waals surface area contributed by atoms with Crippen molar-refractivity contribution >= 4 is 34.0 Å². The molecule has 0 saturated heterocycles. The van der Waals surface area contributed by atoms with Crippen molar-refractivity contribution in [1.29, 1.82) is 0 Å². The van der Waals surface area contributed by atoms with E-state index in [4.69, 9.17) is 9.47 Å². The Morgan fingerprint density at radius 2 is 2.04 bits per heavy atom. The lowest BCUT2D eigenvalue weighted by molar-refractivity contribution is -0.123. The molecule has 2 amide bonds. The van der Waals surface area contributed by atoms with Gasteiger partial charge in [0.15, 0.2) is 18.1 Å². The molecule has 1 aromatic carbocycles. The number of rotatable bonds is 6. The molecule has 126 valence electrons. The van der Waals surface area contributed by atoms with E-state index in [1.807, 2.05) is 0 Å². The summed E-state index contributed by atoms with van der Waals surface area (Å²) in [7, 11) is 1.42. The van der Waals surface area contributed by atoms with Crippen LogP contribution in [-0.4, -0.2) is 36.8 Å². The Labute approximate surface area is 145 Å². The van der Waals surface area contributed by atoms with Gasteiger partial charge in [0.1, 0.15) is 12.0 Å². The third-order valence-corrected chi connectivity index (χ3v) is 3.35. The highest BCUT2D eigenvalue weighted by atomic mass is 79.9. The zero-order valence-electron chi connectivity index (χ0n) is 12.6. The first-order chi connectivity index (χ1) is 11.5. The standard InChI is InChI=1S/C15H14BrN3O5/c1-23-13-4-9(7-20)2-3-12(13)24-8-14(21)18-19-15(22)11-5-10(16)6-17-11/h2-7,17H,8H2,1H3,(H,18,21)(H,19,22). The maximum atomic E-state index is 11.7. The molecule has 0 aliphatic carbocycles. The van der Waals surface area contributed by atoms with E-state index in [-0.39, 0.29) is 12.3 Å². The molecule has 0 aliphatic rings. The van der Waals surface area contributed by atoms with Crippen molar-refractivity contribution in [2.45, 2.75) is 0 Å². The van der Waals surface area contributed by atoms with Crippen LogP contribution in [0.2, 0.25) is 0 Å². The van der Waals surface area contributed by atoms with Gasteiger partial charge < -0.3 is 14.5 Å². The number of carbonyl (C=O) groups excluding carboxylic acids is 3. The van der Waals surface area contributed by atoms with E-state index in [0.717, 1.165) is 0 Å². The molecule has 0 saturated carbocycles. The summed E-state index contributed by atoms with van der Waals surface area (Å²) in [6.45, 7) is -0.342. The van der Waals surface area contributed by atoms with Crippen LogP contribution in [0.15, 0.2) is 34.9 Å². The molecule has 0 atom stereocenters. The third kappa shape index (κ3) is 4.59. The number of benzene rings is 1. The number of hydrogen-bond donors (Lipinski definition) is 3. The molecule has 0 fully saturated rings. The van der Waals surface area contributed by atoms with E-state index in [9.17, 15) is 14.4 Å². The van der Waals surface area contributed by atoms with Gasteiger partial charge in [-0.15, -0.1) is 0 Å². The first kappa shape index (κ1) is 17.5. The number of methoxy groups -OCH3 is 1. The summed E-state index contributed by atoms with van der Waals surface area (Å²) in [5, 5.41) is 0. The van der Waals surface area contributed by atoms with Gasteiger partial charge in [0.25, 0.3) is 11.8 Å². The Hall–Kier alpha value is -2.81. The Morgan fingerprint density at radius 1 is 1.25 bits per heavy atom. The lowest BCUT2D eigenvalue weighted by atomic mass is 10.2. The number of nitrogens with one attached hydrogen (secondary N) is 3. The van der Waals surface area contributed by atoms with Crippen molar-refractivity contribution in [3.63, 3.8) is 0 Å². The first-order valence-electron chi connectivity index (χ1n) is 6.72. The number of aldehydes is 1. The van der Waals surface area contributed by atoms with Crippen LogP contribution in [0.25, 0.3) is 0 Å². The average Bonchev–Trinajstić information content (AvgIpc) is 3.04. The predicted octanol–water partition coefficient (Wildman–Crippen LogP) is 1.44. The van der Waals surface area contributed by atoms with Crippen LogP contribution in [-0.2, 0) is 4.79 Å². The second kappa shape index (κ2) is 8.16. The molecule has 1 heterocycles. The van der Waals surface area contributed by atoms with Gasteiger partial charge in [-0.05, 0) is 40.2 Å². The fourth-order valence-corrected chi connectivity index (χ4v) is 2.09. The van der Waals surface area contributed by atoms with Gasteiger partial charge in [0.2, 0.25) is 0 Å². The second-order valence-electron chi connectivity index (χ2n) is 4.55. The minimum Gasteiger partial charge on any atom is -0.493 e. The van der Waals surface area contributed by atoms with E-state index in [1.54, 1.807) is 12.3 Å². The number of aromatic nitrogens is 1. The predicted molar refractivity (Wildman–Crippen MR) is 88.0 cm³/mol. The summed E-state index contributed by atoms with van der Waals surface area (Å²) in [4.78, 5) is 36.9. The van der Waals surface area contributed by atoms with Crippen LogP contribution in [0.3, 0.4) is 0 Å². The fourth-order valence-electron chi connectivity index (χ4n) is 1.75. The van der Waals surface area contributed by atoms with Crippen LogP contribution in [0.4, 0.5) is 0 Å². The smallest absolute Gasteiger partial charge is 0.286 e. The van der Waals surface area contributed by atoms with Gasteiger partial charge in [-0.2, -0.15) is 0 Å². The van der Waals surface area contributed by atoms with Crippen LogP contribution in [0, 0.1) is 0 Å². The van der Waals surface area contributed by atoms with Crippen molar-refractivity contribution in [1.82, 2.24) is 15.8 Å².